The van der Waals surface area contributed by atoms with Crippen LogP contribution in [0.3, 0.4) is 0 Å². The average molecular weight is 357 g/mol. The second-order valence-electron chi connectivity index (χ2n) is 5.25. The number of primary amides is 1. The standard InChI is InChI=1S/C16H8F5NO3/c17-7-3-6(15(22)24)4-8(5-7)25-10-2-1-9-11(12(10)14(18)19)13(23)16(9,20)21/h3-5,13-14,23H,(H2,22,24). The number of benzene rings is 1. The van der Waals surface area contributed by atoms with Gasteiger partial charge in [0.15, 0.2) is 5.76 Å². The molecule has 3 N–H and O–H groups in total. The minimum Gasteiger partial charge on any atom is -0.448 e. The Hall–Kier alpha value is -2.86. The molecular weight excluding hydrogens is 349 g/mol. The summed E-state index contributed by atoms with van der Waals surface area (Å²) in [5.74, 6) is -6.72. The van der Waals surface area contributed by atoms with Crippen molar-refractivity contribution in [2.75, 3.05) is 0 Å². The summed E-state index contributed by atoms with van der Waals surface area (Å²) in [6.07, 6.45) is -5.71. The van der Waals surface area contributed by atoms with Crippen LogP contribution < -0.4 is 10.5 Å². The van der Waals surface area contributed by atoms with Gasteiger partial charge in [-0.15, -0.1) is 0 Å². The van der Waals surface area contributed by atoms with Crippen molar-refractivity contribution < 1.29 is 36.6 Å². The first kappa shape index (κ1) is 17.0. The van der Waals surface area contributed by atoms with Crippen molar-refractivity contribution in [2.45, 2.75) is 18.5 Å². The Morgan fingerprint density at radius 2 is 1.96 bits per heavy atom. The van der Waals surface area contributed by atoms with E-state index >= 15 is 0 Å². The minimum atomic E-state index is -3.72. The fourth-order valence-corrected chi connectivity index (χ4v) is 2.48. The second-order valence-corrected chi connectivity index (χ2v) is 5.25. The summed E-state index contributed by atoms with van der Waals surface area (Å²) < 4.78 is 72.0. The van der Waals surface area contributed by atoms with Crippen molar-refractivity contribution in [2.24, 2.45) is 5.73 Å². The summed E-state index contributed by atoms with van der Waals surface area (Å²) >= 11 is 0. The molecule has 0 aromatic heterocycles. The Labute approximate surface area is 137 Å². The molecular formula is C16H8F5NO3. The van der Waals surface area contributed by atoms with Gasteiger partial charge in [-0.2, -0.15) is 8.78 Å². The largest absolute Gasteiger partial charge is 0.448 e. The highest BCUT2D eigenvalue weighted by atomic mass is 19.3. The predicted octanol–water partition coefficient (Wildman–Crippen LogP) is 2.45. The van der Waals surface area contributed by atoms with E-state index in [4.69, 9.17) is 10.5 Å². The molecule has 0 spiro atoms. The summed E-state index contributed by atoms with van der Waals surface area (Å²) in [5, 5.41) is 9.42. The fraction of sp³-hybridized carbons (Fsp3) is 0.188. The van der Waals surface area contributed by atoms with E-state index in [9.17, 15) is 31.9 Å². The van der Waals surface area contributed by atoms with E-state index in [0.29, 0.717) is 0 Å². The van der Waals surface area contributed by atoms with Crippen LogP contribution in [0.25, 0.3) is 0 Å². The monoisotopic (exact) mass is 357 g/mol. The number of nitrogens with two attached hydrogens (primary N) is 1. The zero-order valence-electron chi connectivity index (χ0n) is 12.1. The Morgan fingerprint density at radius 3 is 2.56 bits per heavy atom. The Balaban J connectivity index is 2.08. The highest BCUT2D eigenvalue weighted by molar-refractivity contribution is 5.93. The number of hydrogen-bond acceptors (Lipinski definition) is 3. The van der Waals surface area contributed by atoms with Crippen LogP contribution in [-0.4, -0.2) is 29.5 Å². The summed E-state index contributed by atoms with van der Waals surface area (Å²) in [5.41, 5.74) is 6.09. The first-order valence-corrected chi connectivity index (χ1v) is 6.76. The van der Waals surface area contributed by atoms with Crippen molar-refractivity contribution in [3.8, 4) is 5.75 Å². The molecule has 1 unspecified atom stereocenters. The van der Waals surface area contributed by atoms with Gasteiger partial charge in [0.05, 0.1) is 11.1 Å². The SMILES string of the molecule is NC(=O)c1cc(F)cc(OC2=C=C=C3C(=C2C(F)F)C(O)C3(F)F)c1. The molecule has 2 aliphatic rings. The molecule has 1 saturated carbocycles. The first-order valence-electron chi connectivity index (χ1n) is 6.76. The third kappa shape index (κ3) is 2.64. The Bertz CT molecular complexity index is 922. The maximum Gasteiger partial charge on any atom is 0.310 e. The van der Waals surface area contributed by atoms with Gasteiger partial charge >= 0.3 is 5.92 Å². The molecule has 1 fully saturated rings. The van der Waals surface area contributed by atoms with Gasteiger partial charge in [-0.1, -0.05) is 5.73 Å². The lowest BCUT2D eigenvalue weighted by Gasteiger charge is -2.39. The quantitative estimate of drug-likeness (QED) is 0.642. The highest BCUT2D eigenvalue weighted by Crippen LogP contribution is 2.51. The van der Waals surface area contributed by atoms with Crippen LogP contribution >= 0.6 is 0 Å². The maximum atomic E-state index is 13.5. The van der Waals surface area contributed by atoms with Crippen molar-refractivity contribution in [3.05, 3.63) is 63.5 Å². The third-order valence-electron chi connectivity index (χ3n) is 3.65. The van der Waals surface area contributed by atoms with E-state index in [1.807, 2.05) is 11.5 Å². The zero-order chi connectivity index (χ0) is 18.5. The lowest BCUT2D eigenvalue weighted by atomic mass is 9.74. The van der Waals surface area contributed by atoms with Gasteiger partial charge in [0.2, 0.25) is 5.91 Å². The molecule has 3 rings (SSSR count). The smallest absolute Gasteiger partial charge is 0.310 e. The lowest BCUT2D eigenvalue weighted by molar-refractivity contribution is -0.0931. The van der Waals surface area contributed by atoms with Gasteiger partial charge in [-0.3, -0.25) is 4.79 Å². The molecule has 2 aliphatic carbocycles. The number of halogens is 5. The van der Waals surface area contributed by atoms with Crippen LogP contribution in [0, 0.1) is 5.82 Å². The molecule has 0 heterocycles. The van der Waals surface area contributed by atoms with Gasteiger partial charge in [0, 0.05) is 17.2 Å². The lowest BCUT2D eigenvalue weighted by Crippen LogP contribution is -2.50. The molecule has 1 aromatic rings. The second kappa shape index (κ2) is 5.60. The van der Waals surface area contributed by atoms with E-state index < -0.39 is 52.7 Å². The fourth-order valence-electron chi connectivity index (χ4n) is 2.48. The Morgan fingerprint density at radius 1 is 1.28 bits per heavy atom. The molecule has 0 aliphatic heterocycles. The summed E-state index contributed by atoms with van der Waals surface area (Å²) in [4.78, 5) is 11.1. The number of carbonyl (C=O) groups is 1. The van der Waals surface area contributed by atoms with Gasteiger partial charge in [-0.05, 0) is 17.9 Å². The molecule has 4 nitrogen and oxygen atoms in total. The van der Waals surface area contributed by atoms with Crippen molar-refractivity contribution in [1.29, 1.82) is 0 Å². The van der Waals surface area contributed by atoms with E-state index in [2.05, 4.69) is 0 Å². The number of rotatable bonds is 4. The molecule has 9 heteroatoms. The third-order valence-corrected chi connectivity index (χ3v) is 3.65. The molecule has 25 heavy (non-hydrogen) atoms. The number of aliphatic hydroxyl groups excluding tert-OH is 1. The van der Waals surface area contributed by atoms with Gasteiger partial charge < -0.3 is 15.6 Å². The number of hydrogen-bond donors (Lipinski definition) is 2. The van der Waals surface area contributed by atoms with Crippen LogP contribution in [0.1, 0.15) is 10.4 Å². The molecule has 0 bridgehead atoms. The highest BCUT2D eigenvalue weighted by Gasteiger charge is 2.60. The number of allylic oxidation sites excluding steroid dienone is 1. The summed E-state index contributed by atoms with van der Waals surface area (Å²) in [6, 6.07) is 2.57. The van der Waals surface area contributed by atoms with E-state index in [-0.39, 0.29) is 11.3 Å². The van der Waals surface area contributed by atoms with Gasteiger partial charge in [0.25, 0.3) is 6.43 Å². The topological polar surface area (TPSA) is 72.6 Å². The Kier molecular flexibility index (Phi) is 3.80. The van der Waals surface area contributed by atoms with Crippen molar-refractivity contribution >= 4 is 5.91 Å². The van der Waals surface area contributed by atoms with Crippen LogP contribution in [0.2, 0.25) is 0 Å². The van der Waals surface area contributed by atoms with Crippen LogP contribution in [0.15, 0.2) is 52.1 Å². The van der Waals surface area contributed by atoms with Crippen LogP contribution in [0.5, 0.6) is 5.75 Å². The van der Waals surface area contributed by atoms with E-state index in [1.54, 1.807) is 0 Å². The van der Waals surface area contributed by atoms with Crippen molar-refractivity contribution in [1.82, 2.24) is 0 Å². The predicted molar refractivity (Wildman–Crippen MR) is 73.6 cm³/mol. The minimum absolute atomic E-state index is 0.284. The molecule has 1 aromatic carbocycles. The maximum absolute atomic E-state index is 13.5. The summed E-state index contributed by atoms with van der Waals surface area (Å²) in [6.45, 7) is 0. The number of amides is 1. The average Bonchev–Trinajstić information content (AvgIpc) is 2.52. The molecule has 1 amide bonds. The molecule has 0 saturated heterocycles. The van der Waals surface area contributed by atoms with Crippen molar-refractivity contribution in [3.63, 3.8) is 0 Å². The molecule has 0 radical (unpaired) electrons. The van der Waals surface area contributed by atoms with Crippen LogP contribution in [-0.2, 0) is 0 Å². The molecule has 130 valence electrons. The number of ether oxygens (including phenoxy) is 1. The first-order chi connectivity index (χ1) is 11.6. The molecule has 1 atom stereocenters. The van der Waals surface area contributed by atoms with Crippen LogP contribution in [0.4, 0.5) is 22.0 Å². The van der Waals surface area contributed by atoms with E-state index in [0.717, 1.165) is 18.2 Å². The number of fused-ring (bicyclic) bond motifs is 1. The number of carbonyl (C=O) groups excluding carboxylic acids is 1. The summed E-state index contributed by atoms with van der Waals surface area (Å²) in [7, 11) is 0. The number of alkyl halides is 4. The van der Waals surface area contributed by atoms with E-state index in [1.165, 1.54) is 0 Å². The number of aliphatic hydroxyl groups is 1. The zero-order valence-corrected chi connectivity index (χ0v) is 12.1. The van der Waals surface area contributed by atoms with Gasteiger partial charge in [0.1, 0.15) is 17.7 Å². The van der Waals surface area contributed by atoms with Gasteiger partial charge in [-0.25, -0.2) is 13.2 Å². The normalized spacial score (nSPS) is 20.7.